The molecule has 0 radical (unpaired) electrons. The Morgan fingerprint density at radius 2 is 2.29 bits per heavy atom. The lowest BCUT2D eigenvalue weighted by Gasteiger charge is -2.34. The summed E-state index contributed by atoms with van der Waals surface area (Å²) in [5, 5.41) is 2.88. The number of aromatic amines is 1. The Kier molecular flexibility index (Phi) is 5.08. The van der Waals surface area contributed by atoms with Crippen LogP contribution in [0, 0.1) is 5.92 Å². The smallest absolute Gasteiger partial charge is 0.328 e. The summed E-state index contributed by atoms with van der Waals surface area (Å²) in [5.74, 6) is 0.218. The molecule has 24 heavy (non-hydrogen) atoms. The van der Waals surface area contributed by atoms with Crippen LogP contribution in [0.4, 0.5) is 0 Å². The first-order valence-corrected chi connectivity index (χ1v) is 9.23. The maximum absolute atomic E-state index is 13.0. The van der Waals surface area contributed by atoms with E-state index in [1.165, 1.54) is 0 Å². The third kappa shape index (κ3) is 3.72. The number of nitrogens with zero attached hydrogens (tertiary/aromatic N) is 3. The van der Waals surface area contributed by atoms with E-state index in [0.29, 0.717) is 18.9 Å². The molecule has 1 amide bonds. The van der Waals surface area contributed by atoms with Gasteiger partial charge in [0.05, 0.1) is 6.04 Å². The highest BCUT2D eigenvalue weighted by Gasteiger charge is 2.31. The monoisotopic (exact) mass is 346 g/mol. The van der Waals surface area contributed by atoms with E-state index in [1.54, 1.807) is 23.6 Å². The number of carbonyl (C=O) groups is 1. The molecular formula is C17H22N4O2S. The van der Waals surface area contributed by atoms with Gasteiger partial charge in [0.25, 0.3) is 5.91 Å². The zero-order valence-electron chi connectivity index (χ0n) is 14.0. The van der Waals surface area contributed by atoms with E-state index in [9.17, 15) is 9.59 Å². The number of amides is 1. The molecule has 0 saturated carbocycles. The summed E-state index contributed by atoms with van der Waals surface area (Å²) in [6, 6.07) is 1.71. The Balaban J connectivity index is 1.89. The average Bonchev–Trinajstić information content (AvgIpc) is 3.07. The van der Waals surface area contributed by atoms with Crippen LogP contribution in [0.5, 0.6) is 0 Å². The lowest BCUT2D eigenvalue weighted by atomic mass is 10.0. The number of likely N-dealkylation sites (tertiary alicyclic amines) is 1. The van der Waals surface area contributed by atoms with Crippen molar-refractivity contribution >= 4 is 17.2 Å². The number of hydrogen-bond donors (Lipinski definition) is 1. The van der Waals surface area contributed by atoms with Crippen molar-refractivity contribution in [3.63, 3.8) is 0 Å². The molecule has 1 saturated heterocycles. The largest absolute Gasteiger partial charge is 0.345 e. The molecule has 7 heteroatoms. The van der Waals surface area contributed by atoms with Gasteiger partial charge in [-0.2, -0.15) is 4.98 Å². The minimum Gasteiger partial charge on any atom is -0.328 e. The van der Waals surface area contributed by atoms with Crippen molar-refractivity contribution in [2.45, 2.75) is 45.6 Å². The highest BCUT2D eigenvalue weighted by Crippen LogP contribution is 2.32. The first kappa shape index (κ1) is 16.8. The number of carbonyl (C=O) groups excluding carboxylic acids is 1. The quantitative estimate of drug-likeness (QED) is 0.923. The van der Waals surface area contributed by atoms with Crippen molar-refractivity contribution < 1.29 is 4.79 Å². The molecule has 0 bridgehead atoms. The number of thiazole rings is 1. The Labute approximate surface area is 145 Å². The van der Waals surface area contributed by atoms with E-state index in [0.717, 1.165) is 30.0 Å². The number of nitrogens with one attached hydrogen (secondary N) is 1. The van der Waals surface area contributed by atoms with Crippen LogP contribution in [0.25, 0.3) is 0 Å². The van der Waals surface area contributed by atoms with Crippen LogP contribution in [0.3, 0.4) is 0 Å². The molecule has 1 atom stereocenters. The van der Waals surface area contributed by atoms with E-state index >= 15 is 0 Å². The van der Waals surface area contributed by atoms with E-state index < -0.39 is 5.69 Å². The molecule has 3 heterocycles. The van der Waals surface area contributed by atoms with Crippen LogP contribution in [0.1, 0.15) is 60.3 Å². The van der Waals surface area contributed by atoms with Gasteiger partial charge in [0.1, 0.15) is 10.7 Å². The Hall–Kier alpha value is -2.02. The number of H-pyrrole nitrogens is 1. The minimum atomic E-state index is -0.459. The minimum absolute atomic E-state index is 0.0131. The van der Waals surface area contributed by atoms with Crippen molar-refractivity contribution in [2.24, 2.45) is 5.92 Å². The van der Waals surface area contributed by atoms with Gasteiger partial charge in [-0.25, -0.2) is 9.78 Å². The van der Waals surface area contributed by atoms with Crippen molar-refractivity contribution in [1.82, 2.24) is 19.9 Å². The van der Waals surface area contributed by atoms with Crippen LogP contribution in [-0.4, -0.2) is 32.3 Å². The molecule has 0 spiro atoms. The first-order valence-electron chi connectivity index (χ1n) is 8.35. The summed E-state index contributed by atoms with van der Waals surface area (Å²) in [7, 11) is 0. The number of aromatic nitrogens is 3. The van der Waals surface area contributed by atoms with Gasteiger partial charge in [0.15, 0.2) is 0 Å². The predicted molar refractivity (Wildman–Crippen MR) is 93.1 cm³/mol. The maximum Gasteiger partial charge on any atom is 0.345 e. The van der Waals surface area contributed by atoms with Gasteiger partial charge in [0.2, 0.25) is 0 Å². The van der Waals surface area contributed by atoms with E-state index in [2.05, 4.69) is 28.8 Å². The maximum atomic E-state index is 13.0. The van der Waals surface area contributed by atoms with E-state index in [4.69, 9.17) is 0 Å². The first-order chi connectivity index (χ1) is 11.5. The molecule has 1 N–H and O–H groups in total. The van der Waals surface area contributed by atoms with Crippen molar-refractivity contribution in [3.8, 4) is 0 Å². The fourth-order valence-electron chi connectivity index (χ4n) is 3.14. The Bertz CT molecular complexity index is 754. The van der Waals surface area contributed by atoms with Gasteiger partial charge >= 0.3 is 5.69 Å². The summed E-state index contributed by atoms with van der Waals surface area (Å²) < 4.78 is 0. The van der Waals surface area contributed by atoms with Gasteiger partial charge in [-0.3, -0.25) is 4.79 Å². The highest BCUT2D eigenvalue weighted by molar-refractivity contribution is 7.09. The normalized spacial score (nSPS) is 18.1. The summed E-state index contributed by atoms with van der Waals surface area (Å²) in [5.41, 5.74) is 0.535. The molecule has 1 aliphatic rings. The highest BCUT2D eigenvalue weighted by atomic mass is 32.1. The second-order valence-electron chi connectivity index (χ2n) is 6.58. The third-order valence-electron chi connectivity index (χ3n) is 4.15. The van der Waals surface area contributed by atoms with Crippen LogP contribution >= 0.6 is 11.3 Å². The fourth-order valence-corrected chi connectivity index (χ4v) is 3.93. The second kappa shape index (κ2) is 7.25. The summed E-state index contributed by atoms with van der Waals surface area (Å²) in [6.45, 7) is 4.82. The molecule has 0 aromatic carbocycles. The molecule has 1 aliphatic heterocycles. The average molecular weight is 346 g/mol. The zero-order chi connectivity index (χ0) is 17.1. The number of hydrogen-bond acceptors (Lipinski definition) is 5. The molecule has 1 fully saturated rings. The van der Waals surface area contributed by atoms with Gasteiger partial charge in [-0.05, 0) is 37.7 Å². The molecule has 128 valence electrons. The van der Waals surface area contributed by atoms with Crippen molar-refractivity contribution in [2.75, 3.05) is 6.54 Å². The summed E-state index contributed by atoms with van der Waals surface area (Å²) >= 11 is 1.57. The third-order valence-corrected chi connectivity index (χ3v) is 5.02. The second-order valence-corrected chi connectivity index (χ2v) is 7.50. The van der Waals surface area contributed by atoms with E-state index in [1.807, 2.05) is 10.3 Å². The summed E-state index contributed by atoms with van der Waals surface area (Å²) in [6.07, 6.45) is 5.43. The molecule has 3 rings (SSSR count). The van der Waals surface area contributed by atoms with Gasteiger partial charge < -0.3 is 9.88 Å². The van der Waals surface area contributed by atoms with Crippen LogP contribution in [0.2, 0.25) is 0 Å². The zero-order valence-corrected chi connectivity index (χ0v) is 14.8. The number of piperidine rings is 1. The van der Waals surface area contributed by atoms with Crippen LogP contribution < -0.4 is 5.69 Å². The predicted octanol–water partition coefficient (Wildman–Crippen LogP) is 2.79. The number of rotatable bonds is 4. The van der Waals surface area contributed by atoms with Gasteiger partial charge in [-0.1, -0.05) is 13.8 Å². The van der Waals surface area contributed by atoms with Gasteiger partial charge in [-0.15, -0.1) is 11.3 Å². The van der Waals surface area contributed by atoms with Crippen molar-refractivity contribution in [1.29, 1.82) is 0 Å². The molecule has 2 aromatic rings. The summed E-state index contributed by atoms with van der Waals surface area (Å²) in [4.78, 5) is 37.7. The topological polar surface area (TPSA) is 79.0 Å². The molecule has 6 nitrogen and oxygen atoms in total. The van der Waals surface area contributed by atoms with Gasteiger partial charge in [0, 0.05) is 23.8 Å². The molecule has 2 aromatic heterocycles. The fraction of sp³-hybridized carbons (Fsp3) is 0.529. The van der Waals surface area contributed by atoms with Crippen molar-refractivity contribution in [3.05, 3.63) is 44.5 Å². The Morgan fingerprint density at radius 3 is 3.00 bits per heavy atom. The Morgan fingerprint density at radius 1 is 1.46 bits per heavy atom. The van der Waals surface area contributed by atoms with Crippen LogP contribution in [0.15, 0.2) is 22.4 Å². The molecule has 0 aliphatic carbocycles. The SMILES string of the molecule is CC(C)Cc1cc(C(=O)N2CCCCC2c2nccs2)nc(=O)[nH]1. The standard InChI is InChI=1S/C17H22N4O2S/c1-11(2)9-12-10-13(20-17(23)19-12)16(22)21-7-4-3-5-14(21)15-18-6-8-24-15/h6,8,10-11,14H,3-5,7,9H2,1-2H3,(H,19,20,23). The molecular weight excluding hydrogens is 324 g/mol. The van der Waals surface area contributed by atoms with E-state index in [-0.39, 0.29) is 17.6 Å². The molecule has 1 unspecified atom stereocenters. The lowest BCUT2D eigenvalue weighted by molar-refractivity contribution is 0.0604. The van der Waals surface area contributed by atoms with Crippen LogP contribution in [-0.2, 0) is 6.42 Å². The lowest BCUT2D eigenvalue weighted by Crippen LogP contribution is -2.39.